The van der Waals surface area contributed by atoms with Crippen LogP contribution >= 0.6 is 0 Å². The Morgan fingerprint density at radius 1 is 1.32 bits per heavy atom. The van der Waals surface area contributed by atoms with E-state index in [9.17, 15) is 4.79 Å². The third-order valence-corrected chi connectivity index (χ3v) is 4.74. The molecule has 5 heteroatoms. The Hall–Kier alpha value is -0.810. The first-order chi connectivity index (χ1) is 9.18. The van der Waals surface area contributed by atoms with Gasteiger partial charge in [-0.25, -0.2) is 4.79 Å². The molecule has 3 aliphatic rings. The number of hydrogen-bond acceptors (Lipinski definition) is 3. The maximum Gasteiger partial charge on any atom is 0.318 e. The maximum absolute atomic E-state index is 12.5. The van der Waals surface area contributed by atoms with E-state index in [-0.39, 0.29) is 11.6 Å². The van der Waals surface area contributed by atoms with Crippen molar-refractivity contribution in [2.24, 2.45) is 5.92 Å². The number of hydrogen-bond donors (Lipinski definition) is 2. The Labute approximate surface area is 115 Å². The number of carbonyl (C=O) groups excluding carboxylic acids is 1. The molecule has 0 aromatic rings. The van der Waals surface area contributed by atoms with E-state index in [4.69, 9.17) is 4.74 Å². The molecule has 0 aromatic carbocycles. The first kappa shape index (κ1) is 13.2. The molecular weight excluding hydrogens is 242 g/mol. The van der Waals surface area contributed by atoms with Crippen molar-refractivity contribution in [3.63, 3.8) is 0 Å². The SMILES string of the molecule is CC1(NC(=O)N2CCCC2C2CCNCC2)COC1. The molecule has 2 N–H and O–H groups in total. The molecule has 0 spiro atoms. The average molecular weight is 267 g/mol. The number of nitrogens with zero attached hydrogens (tertiary/aromatic N) is 1. The molecule has 3 rings (SSSR count). The standard InChI is InChI=1S/C14H25N3O2/c1-14(9-19-10-14)16-13(18)17-8-2-3-12(17)11-4-6-15-7-5-11/h11-12,15H,2-10H2,1H3,(H,16,18). The summed E-state index contributed by atoms with van der Waals surface area (Å²) in [5.41, 5.74) is -0.141. The lowest BCUT2D eigenvalue weighted by Crippen LogP contribution is -2.63. The molecule has 108 valence electrons. The van der Waals surface area contributed by atoms with Crippen LogP contribution in [-0.2, 0) is 4.74 Å². The zero-order valence-electron chi connectivity index (χ0n) is 11.8. The number of urea groups is 1. The number of carbonyl (C=O) groups is 1. The molecule has 3 fully saturated rings. The van der Waals surface area contributed by atoms with Crippen LogP contribution in [0.2, 0.25) is 0 Å². The highest BCUT2D eigenvalue weighted by atomic mass is 16.5. The minimum atomic E-state index is -0.141. The number of likely N-dealkylation sites (tertiary alicyclic amines) is 1. The van der Waals surface area contributed by atoms with E-state index in [0.717, 1.165) is 26.1 Å². The highest BCUT2D eigenvalue weighted by Gasteiger charge is 2.40. The van der Waals surface area contributed by atoms with Crippen LogP contribution in [0.1, 0.15) is 32.6 Å². The Morgan fingerprint density at radius 3 is 2.68 bits per heavy atom. The third-order valence-electron chi connectivity index (χ3n) is 4.74. The highest BCUT2D eigenvalue weighted by Crippen LogP contribution is 2.30. The fourth-order valence-electron chi connectivity index (χ4n) is 3.57. The Bertz CT molecular complexity index is 338. The summed E-state index contributed by atoms with van der Waals surface area (Å²) in [6.07, 6.45) is 4.73. The predicted octanol–water partition coefficient (Wildman–Crippen LogP) is 0.949. The summed E-state index contributed by atoms with van der Waals surface area (Å²) in [7, 11) is 0. The lowest BCUT2D eigenvalue weighted by molar-refractivity contribution is -0.0596. The van der Waals surface area contributed by atoms with Crippen LogP contribution in [0.3, 0.4) is 0 Å². The summed E-state index contributed by atoms with van der Waals surface area (Å²) in [6, 6.07) is 0.568. The predicted molar refractivity (Wildman–Crippen MR) is 73.1 cm³/mol. The lowest BCUT2D eigenvalue weighted by Gasteiger charge is -2.41. The summed E-state index contributed by atoms with van der Waals surface area (Å²) in [5.74, 6) is 0.681. The Kier molecular flexibility index (Phi) is 3.67. The fraction of sp³-hybridized carbons (Fsp3) is 0.929. The van der Waals surface area contributed by atoms with Gasteiger partial charge in [-0.1, -0.05) is 0 Å². The van der Waals surface area contributed by atoms with Crippen LogP contribution < -0.4 is 10.6 Å². The van der Waals surface area contributed by atoms with Gasteiger partial charge in [0.05, 0.1) is 18.8 Å². The zero-order chi connectivity index (χ0) is 13.3. The summed E-state index contributed by atoms with van der Waals surface area (Å²) >= 11 is 0. The van der Waals surface area contributed by atoms with Crippen LogP contribution in [0.4, 0.5) is 4.79 Å². The van der Waals surface area contributed by atoms with Crippen molar-refractivity contribution < 1.29 is 9.53 Å². The minimum Gasteiger partial charge on any atom is -0.376 e. The van der Waals surface area contributed by atoms with E-state index in [2.05, 4.69) is 22.5 Å². The summed E-state index contributed by atoms with van der Waals surface area (Å²) < 4.78 is 5.20. The van der Waals surface area contributed by atoms with Crippen LogP contribution in [0.5, 0.6) is 0 Å². The quantitative estimate of drug-likeness (QED) is 0.783. The van der Waals surface area contributed by atoms with Gasteiger partial charge in [-0.15, -0.1) is 0 Å². The minimum absolute atomic E-state index is 0.117. The van der Waals surface area contributed by atoms with Crippen molar-refractivity contribution in [2.45, 2.75) is 44.2 Å². The smallest absolute Gasteiger partial charge is 0.318 e. The van der Waals surface area contributed by atoms with Gasteiger partial charge in [0.15, 0.2) is 0 Å². The number of amides is 2. The lowest BCUT2D eigenvalue weighted by atomic mass is 9.89. The molecule has 3 saturated heterocycles. The second-order valence-electron chi connectivity index (χ2n) is 6.47. The van der Waals surface area contributed by atoms with Crippen molar-refractivity contribution in [1.29, 1.82) is 0 Å². The van der Waals surface area contributed by atoms with Crippen LogP contribution in [0.15, 0.2) is 0 Å². The van der Waals surface area contributed by atoms with Gasteiger partial charge in [0, 0.05) is 12.6 Å². The van der Waals surface area contributed by atoms with E-state index >= 15 is 0 Å². The van der Waals surface area contributed by atoms with Gasteiger partial charge >= 0.3 is 6.03 Å². The van der Waals surface area contributed by atoms with Gasteiger partial charge in [0.1, 0.15) is 0 Å². The van der Waals surface area contributed by atoms with Crippen molar-refractivity contribution in [2.75, 3.05) is 32.8 Å². The van der Waals surface area contributed by atoms with Gasteiger partial charge in [0.2, 0.25) is 0 Å². The molecule has 0 saturated carbocycles. The Balaban J connectivity index is 1.60. The van der Waals surface area contributed by atoms with Gasteiger partial charge in [-0.05, 0) is 51.6 Å². The fourth-order valence-corrected chi connectivity index (χ4v) is 3.57. The first-order valence-corrected chi connectivity index (χ1v) is 7.55. The molecule has 0 radical (unpaired) electrons. The number of ether oxygens (including phenoxy) is 1. The van der Waals surface area contributed by atoms with Crippen molar-refractivity contribution >= 4 is 6.03 Å². The largest absolute Gasteiger partial charge is 0.376 e. The highest BCUT2D eigenvalue weighted by molar-refractivity contribution is 5.76. The van der Waals surface area contributed by atoms with Crippen molar-refractivity contribution in [1.82, 2.24) is 15.5 Å². The summed E-state index contributed by atoms with van der Waals surface area (Å²) in [5, 5.41) is 6.55. The first-order valence-electron chi connectivity index (χ1n) is 7.55. The molecule has 3 heterocycles. The van der Waals surface area contributed by atoms with E-state index in [1.54, 1.807) is 0 Å². The molecule has 5 nitrogen and oxygen atoms in total. The Morgan fingerprint density at radius 2 is 2.05 bits per heavy atom. The average Bonchev–Trinajstić information content (AvgIpc) is 2.87. The van der Waals surface area contributed by atoms with Crippen LogP contribution in [0, 0.1) is 5.92 Å². The van der Waals surface area contributed by atoms with Crippen molar-refractivity contribution in [3.8, 4) is 0 Å². The number of rotatable bonds is 2. The van der Waals surface area contributed by atoms with E-state index in [1.165, 1.54) is 19.3 Å². The molecule has 0 bridgehead atoms. The van der Waals surface area contributed by atoms with Crippen LogP contribution in [-0.4, -0.2) is 55.4 Å². The number of piperidine rings is 1. The van der Waals surface area contributed by atoms with Crippen molar-refractivity contribution in [3.05, 3.63) is 0 Å². The molecular formula is C14H25N3O2. The molecule has 19 heavy (non-hydrogen) atoms. The summed E-state index contributed by atoms with van der Waals surface area (Å²) in [4.78, 5) is 14.5. The summed E-state index contributed by atoms with van der Waals surface area (Å²) in [6.45, 7) is 6.46. The second kappa shape index (κ2) is 5.29. The molecule has 3 aliphatic heterocycles. The molecule has 1 unspecified atom stereocenters. The monoisotopic (exact) mass is 267 g/mol. The van der Waals surface area contributed by atoms with E-state index < -0.39 is 0 Å². The number of nitrogens with one attached hydrogen (secondary N) is 2. The molecule has 1 atom stereocenters. The van der Waals surface area contributed by atoms with E-state index in [0.29, 0.717) is 25.2 Å². The molecule has 0 aliphatic carbocycles. The van der Waals surface area contributed by atoms with Gasteiger partial charge in [0.25, 0.3) is 0 Å². The third kappa shape index (κ3) is 2.72. The molecule has 2 amide bonds. The van der Waals surface area contributed by atoms with E-state index in [1.807, 2.05) is 0 Å². The normalized spacial score (nSPS) is 31.0. The maximum atomic E-state index is 12.5. The van der Waals surface area contributed by atoms with Gasteiger partial charge in [-0.2, -0.15) is 0 Å². The zero-order valence-corrected chi connectivity index (χ0v) is 11.8. The second-order valence-corrected chi connectivity index (χ2v) is 6.47. The van der Waals surface area contributed by atoms with Gasteiger partial charge < -0.3 is 20.3 Å². The van der Waals surface area contributed by atoms with Crippen LogP contribution in [0.25, 0.3) is 0 Å². The molecule has 0 aromatic heterocycles. The topological polar surface area (TPSA) is 53.6 Å². The van der Waals surface area contributed by atoms with Gasteiger partial charge in [-0.3, -0.25) is 0 Å².